The molecule has 0 bridgehead atoms. The average Bonchev–Trinajstić information content (AvgIpc) is 3.34. The Balaban J connectivity index is 1.26. The van der Waals surface area contributed by atoms with E-state index in [2.05, 4.69) is 5.32 Å². The second-order valence-corrected chi connectivity index (χ2v) is 11.3. The summed E-state index contributed by atoms with van der Waals surface area (Å²) in [4.78, 5) is 44.3. The van der Waals surface area contributed by atoms with Crippen LogP contribution in [-0.2, 0) is 22.6 Å². The number of nitrogen functional groups attached to an aromatic ring is 1. The molecule has 6 rings (SSSR count). The Morgan fingerprint density at radius 2 is 1.84 bits per heavy atom. The number of hydrazine groups is 1. The number of carbonyl (C=O) groups excluding carboxylic acids is 3. The van der Waals surface area contributed by atoms with E-state index in [9.17, 15) is 18.8 Å². The SMILES string of the molecule is CN(C(=O)NCC1=CCC(F)C=C1)N1CC(=O)N2[C@@H](Cc3ccc(N)cc3)C(=O)N(Cc3cccc4ccccc34)C[C@@H]21. The molecular formula is C33H35FN6O3. The number of piperazine rings is 1. The number of hydrogen-bond donors (Lipinski definition) is 2. The van der Waals surface area contributed by atoms with E-state index in [0.717, 1.165) is 27.5 Å². The highest BCUT2D eigenvalue weighted by Crippen LogP contribution is 2.31. The number of halogens is 1. The van der Waals surface area contributed by atoms with Gasteiger partial charge in [-0.15, -0.1) is 0 Å². The van der Waals surface area contributed by atoms with Crippen molar-refractivity contribution in [1.29, 1.82) is 0 Å². The van der Waals surface area contributed by atoms with Gasteiger partial charge in [-0.2, -0.15) is 5.01 Å². The van der Waals surface area contributed by atoms with Crippen LogP contribution in [-0.4, -0.2) is 82.7 Å². The monoisotopic (exact) mass is 582 g/mol. The first-order chi connectivity index (χ1) is 20.8. The number of nitrogens with two attached hydrogens (primary N) is 1. The maximum absolute atomic E-state index is 14.1. The summed E-state index contributed by atoms with van der Waals surface area (Å²) in [5.41, 5.74) is 9.23. The molecule has 2 aliphatic heterocycles. The summed E-state index contributed by atoms with van der Waals surface area (Å²) in [6.45, 7) is 0.828. The zero-order valence-corrected chi connectivity index (χ0v) is 24.0. The number of fused-ring (bicyclic) bond motifs is 2. The second-order valence-electron chi connectivity index (χ2n) is 11.3. The lowest BCUT2D eigenvalue weighted by Crippen LogP contribution is -2.65. The lowest BCUT2D eigenvalue weighted by molar-refractivity contribution is -0.157. The van der Waals surface area contributed by atoms with E-state index in [1.165, 1.54) is 11.1 Å². The van der Waals surface area contributed by atoms with Crippen molar-refractivity contribution < 1.29 is 18.8 Å². The predicted octanol–water partition coefficient (Wildman–Crippen LogP) is 3.63. The molecule has 3 aromatic rings. The molecule has 2 fully saturated rings. The summed E-state index contributed by atoms with van der Waals surface area (Å²) >= 11 is 0. The molecule has 9 nitrogen and oxygen atoms in total. The van der Waals surface area contributed by atoms with Gasteiger partial charge in [-0.05, 0) is 39.6 Å². The molecule has 3 N–H and O–H groups in total. The van der Waals surface area contributed by atoms with Crippen molar-refractivity contribution in [2.45, 2.75) is 37.8 Å². The van der Waals surface area contributed by atoms with Gasteiger partial charge in [0, 0.05) is 38.7 Å². The molecule has 1 unspecified atom stereocenters. The van der Waals surface area contributed by atoms with E-state index >= 15 is 0 Å². The highest BCUT2D eigenvalue weighted by Gasteiger charge is 2.51. The van der Waals surface area contributed by atoms with Crippen LogP contribution in [0.5, 0.6) is 0 Å². The van der Waals surface area contributed by atoms with Crippen LogP contribution in [0.15, 0.2) is 90.5 Å². The number of carbonyl (C=O) groups is 3. The summed E-state index contributed by atoms with van der Waals surface area (Å²) in [6, 6.07) is 20.3. The molecule has 43 heavy (non-hydrogen) atoms. The summed E-state index contributed by atoms with van der Waals surface area (Å²) < 4.78 is 13.4. The first-order valence-corrected chi connectivity index (χ1v) is 14.5. The maximum atomic E-state index is 14.1. The molecule has 1 aliphatic carbocycles. The minimum absolute atomic E-state index is 0.0334. The van der Waals surface area contributed by atoms with Gasteiger partial charge in [-0.1, -0.05) is 72.8 Å². The number of allylic oxidation sites excluding steroid dienone is 2. The molecule has 0 radical (unpaired) electrons. The number of rotatable bonds is 7. The summed E-state index contributed by atoms with van der Waals surface area (Å²) in [5.74, 6) is -0.347. The molecule has 0 saturated carbocycles. The van der Waals surface area contributed by atoms with Crippen LogP contribution in [0.4, 0.5) is 14.9 Å². The number of nitrogens with zero attached hydrogens (tertiary/aromatic N) is 4. The van der Waals surface area contributed by atoms with E-state index in [0.29, 0.717) is 18.7 Å². The van der Waals surface area contributed by atoms with Crippen molar-refractivity contribution in [2.75, 3.05) is 32.4 Å². The number of urea groups is 1. The largest absolute Gasteiger partial charge is 0.399 e. The molecule has 4 amide bonds. The summed E-state index contributed by atoms with van der Waals surface area (Å²) in [5, 5.41) is 8.16. The Hall–Kier alpha value is -4.70. The normalized spacial score (nSPS) is 22.1. The number of nitrogens with one attached hydrogen (secondary N) is 1. The average molecular weight is 583 g/mol. The zero-order chi connectivity index (χ0) is 30.1. The van der Waals surface area contributed by atoms with Crippen molar-refractivity contribution in [2.24, 2.45) is 0 Å². The van der Waals surface area contributed by atoms with Gasteiger partial charge < -0.3 is 20.9 Å². The van der Waals surface area contributed by atoms with E-state index in [1.54, 1.807) is 46.1 Å². The highest BCUT2D eigenvalue weighted by molar-refractivity contribution is 5.92. The van der Waals surface area contributed by atoms with Crippen LogP contribution < -0.4 is 11.1 Å². The van der Waals surface area contributed by atoms with Crippen molar-refractivity contribution >= 4 is 34.3 Å². The van der Waals surface area contributed by atoms with Crippen molar-refractivity contribution in [3.8, 4) is 0 Å². The third-order valence-corrected chi connectivity index (χ3v) is 8.46. The third-order valence-electron chi connectivity index (χ3n) is 8.46. The lowest BCUT2D eigenvalue weighted by atomic mass is 9.99. The van der Waals surface area contributed by atoms with Gasteiger partial charge in [0.2, 0.25) is 11.8 Å². The fourth-order valence-electron chi connectivity index (χ4n) is 6.14. The molecule has 3 atom stereocenters. The molecule has 10 heteroatoms. The van der Waals surface area contributed by atoms with Crippen LogP contribution in [0.3, 0.4) is 0 Å². The molecule has 2 heterocycles. The van der Waals surface area contributed by atoms with Gasteiger partial charge >= 0.3 is 6.03 Å². The molecule has 3 aromatic carbocycles. The molecule has 222 valence electrons. The Labute approximate surface area is 250 Å². The van der Waals surface area contributed by atoms with Crippen molar-refractivity contribution in [1.82, 2.24) is 25.1 Å². The quantitative estimate of drug-likeness (QED) is 0.415. The zero-order valence-electron chi connectivity index (χ0n) is 24.0. The maximum Gasteiger partial charge on any atom is 0.332 e. The summed E-state index contributed by atoms with van der Waals surface area (Å²) in [7, 11) is 1.62. The van der Waals surface area contributed by atoms with Gasteiger partial charge in [-0.3, -0.25) is 14.6 Å². The fourth-order valence-corrected chi connectivity index (χ4v) is 6.14. The molecule has 2 saturated heterocycles. The van der Waals surface area contributed by atoms with E-state index in [-0.39, 0.29) is 43.9 Å². The standard InChI is InChI=1S/C33H35FN6O3/c1-37(33(43)36-18-23-9-13-26(34)14-10-23)39-21-31(41)40-29(17-22-11-15-27(35)16-12-22)32(42)38(20-30(39)40)19-25-7-4-6-24-5-2-3-8-28(24)25/h2-13,15-16,26,29-30H,14,17-21,35H2,1H3,(H,36,43)/t26?,29-,30+/m0/s1. The van der Waals surface area contributed by atoms with Gasteiger partial charge in [-0.25, -0.2) is 9.18 Å². The molecular weight excluding hydrogens is 547 g/mol. The van der Waals surface area contributed by atoms with Gasteiger partial charge in [0.05, 0.1) is 13.1 Å². The fraction of sp³-hybridized carbons (Fsp3) is 0.303. The Bertz CT molecular complexity index is 1600. The number of alkyl halides is 1. The molecule has 3 aliphatic rings. The minimum Gasteiger partial charge on any atom is -0.399 e. The number of benzene rings is 3. The number of hydrogen-bond acceptors (Lipinski definition) is 5. The Morgan fingerprint density at radius 1 is 1.07 bits per heavy atom. The second kappa shape index (κ2) is 11.9. The van der Waals surface area contributed by atoms with Crippen LogP contribution in [0.1, 0.15) is 17.5 Å². The summed E-state index contributed by atoms with van der Waals surface area (Å²) in [6.07, 6.45) is 4.00. The predicted molar refractivity (Wildman–Crippen MR) is 163 cm³/mol. The Kier molecular flexibility index (Phi) is 7.86. The van der Waals surface area contributed by atoms with Gasteiger partial charge in [0.15, 0.2) is 0 Å². The first-order valence-electron chi connectivity index (χ1n) is 14.5. The van der Waals surface area contributed by atoms with Crippen molar-refractivity contribution in [3.05, 3.63) is 102 Å². The highest BCUT2D eigenvalue weighted by atomic mass is 19.1. The van der Waals surface area contributed by atoms with Crippen LogP contribution in [0.25, 0.3) is 10.8 Å². The number of anilines is 1. The van der Waals surface area contributed by atoms with Crippen LogP contribution in [0, 0.1) is 0 Å². The molecule has 0 aromatic heterocycles. The smallest absolute Gasteiger partial charge is 0.332 e. The Morgan fingerprint density at radius 3 is 2.60 bits per heavy atom. The topological polar surface area (TPSA) is 102 Å². The van der Waals surface area contributed by atoms with Crippen LogP contribution in [0.2, 0.25) is 0 Å². The van der Waals surface area contributed by atoms with Gasteiger partial charge in [0.1, 0.15) is 18.4 Å². The van der Waals surface area contributed by atoms with Crippen molar-refractivity contribution in [3.63, 3.8) is 0 Å². The lowest BCUT2D eigenvalue weighted by Gasteiger charge is -2.46. The molecule has 0 spiro atoms. The third kappa shape index (κ3) is 5.83. The number of amides is 4. The van der Waals surface area contributed by atoms with Gasteiger partial charge in [0.25, 0.3) is 0 Å². The van der Waals surface area contributed by atoms with Crippen LogP contribution >= 0.6 is 0 Å². The van der Waals surface area contributed by atoms with E-state index in [4.69, 9.17) is 5.73 Å². The first kappa shape index (κ1) is 28.4. The minimum atomic E-state index is -1.00. The van der Waals surface area contributed by atoms with E-state index < -0.39 is 18.4 Å². The van der Waals surface area contributed by atoms with E-state index in [1.807, 2.05) is 54.6 Å².